The third-order valence-corrected chi connectivity index (χ3v) is 2.30. The molecule has 0 spiro atoms. The maximum atomic E-state index is 11.1. The SMILES string of the molecule is CC1(C)Oc2ccc(NC(=O)CCl)cc2O1. The molecule has 1 heterocycles. The number of alkyl halides is 1. The van der Waals surface area contributed by atoms with E-state index in [1.807, 2.05) is 13.8 Å². The number of amides is 1. The molecule has 0 saturated heterocycles. The van der Waals surface area contributed by atoms with Gasteiger partial charge in [0.25, 0.3) is 0 Å². The molecule has 0 unspecified atom stereocenters. The fourth-order valence-corrected chi connectivity index (χ4v) is 1.56. The first kappa shape index (κ1) is 11.1. The zero-order valence-electron chi connectivity index (χ0n) is 9.04. The van der Waals surface area contributed by atoms with Gasteiger partial charge < -0.3 is 14.8 Å². The molecule has 0 aliphatic carbocycles. The second-order valence-corrected chi connectivity index (χ2v) is 4.21. The van der Waals surface area contributed by atoms with Crippen LogP contribution in [0.5, 0.6) is 11.5 Å². The zero-order valence-corrected chi connectivity index (χ0v) is 9.80. The second kappa shape index (κ2) is 3.87. The number of carbonyl (C=O) groups is 1. The molecule has 1 N–H and O–H groups in total. The molecule has 1 amide bonds. The van der Waals surface area contributed by atoms with Gasteiger partial charge in [-0.25, -0.2) is 0 Å². The fraction of sp³-hybridized carbons (Fsp3) is 0.364. The van der Waals surface area contributed by atoms with Gasteiger partial charge in [-0.2, -0.15) is 0 Å². The van der Waals surface area contributed by atoms with E-state index >= 15 is 0 Å². The molecule has 0 saturated carbocycles. The molecule has 5 heteroatoms. The topological polar surface area (TPSA) is 47.6 Å². The summed E-state index contributed by atoms with van der Waals surface area (Å²) in [5.41, 5.74) is 0.644. The van der Waals surface area contributed by atoms with Crippen molar-refractivity contribution in [2.75, 3.05) is 11.2 Å². The van der Waals surface area contributed by atoms with Crippen molar-refractivity contribution < 1.29 is 14.3 Å². The second-order valence-electron chi connectivity index (χ2n) is 3.95. The van der Waals surface area contributed by atoms with Gasteiger partial charge in [0.1, 0.15) is 5.88 Å². The third kappa shape index (κ3) is 2.22. The summed E-state index contributed by atoms with van der Waals surface area (Å²) >= 11 is 5.40. The summed E-state index contributed by atoms with van der Waals surface area (Å²) in [6, 6.07) is 5.22. The molecule has 4 nitrogen and oxygen atoms in total. The van der Waals surface area contributed by atoms with Gasteiger partial charge in [-0.1, -0.05) is 0 Å². The van der Waals surface area contributed by atoms with E-state index in [1.54, 1.807) is 18.2 Å². The molecule has 1 aliphatic rings. The van der Waals surface area contributed by atoms with Crippen LogP contribution in [-0.4, -0.2) is 17.6 Å². The standard InChI is InChI=1S/C11H12ClNO3/c1-11(2)15-8-4-3-7(5-9(8)16-11)13-10(14)6-12/h3-5H,6H2,1-2H3,(H,13,14). The summed E-state index contributed by atoms with van der Waals surface area (Å²) < 4.78 is 11.1. The van der Waals surface area contributed by atoms with Crippen molar-refractivity contribution in [2.24, 2.45) is 0 Å². The van der Waals surface area contributed by atoms with E-state index in [2.05, 4.69) is 5.32 Å². The lowest BCUT2D eigenvalue weighted by atomic mass is 10.3. The molecule has 1 aliphatic heterocycles. The molecule has 2 rings (SSSR count). The molecule has 86 valence electrons. The lowest BCUT2D eigenvalue weighted by Gasteiger charge is -2.16. The number of anilines is 1. The van der Waals surface area contributed by atoms with Crippen LogP contribution < -0.4 is 14.8 Å². The Labute approximate surface area is 98.5 Å². The number of fused-ring (bicyclic) bond motifs is 1. The van der Waals surface area contributed by atoms with Gasteiger partial charge in [-0.15, -0.1) is 11.6 Å². The van der Waals surface area contributed by atoms with Crippen LogP contribution in [0.15, 0.2) is 18.2 Å². The summed E-state index contributed by atoms with van der Waals surface area (Å²) in [7, 11) is 0. The van der Waals surface area contributed by atoms with Crippen molar-refractivity contribution in [3.63, 3.8) is 0 Å². The molecule has 16 heavy (non-hydrogen) atoms. The molecule has 0 bridgehead atoms. The summed E-state index contributed by atoms with van der Waals surface area (Å²) in [5.74, 6) is 0.322. The fourth-order valence-electron chi connectivity index (χ4n) is 1.49. The first-order chi connectivity index (χ1) is 7.50. The van der Waals surface area contributed by atoms with Crippen LogP contribution in [0.2, 0.25) is 0 Å². The molecule has 0 aromatic heterocycles. The van der Waals surface area contributed by atoms with Gasteiger partial charge in [0, 0.05) is 25.6 Å². The van der Waals surface area contributed by atoms with Gasteiger partial charge in [-0.3, -0.25) is 4.79 Å². The lowest BCUT2D eigenvalue weighted by molar-refractivity contribution is -0.113. The number of ether oxygens (including phenoxy) is 2. The van der Waals surface area contributed by atoms with Crippen LogP contribution in [-0.2, 0) is 4.79 Å². The quantitative estimate of drug-likeness (QED) is 0.809. The summed E-state index contributed by atoms with van der Waals surface area (Å²) in [5, 5.41) is 2.64. The maximum Gasteiger partial charge on any atom is 0.246 e. The van der Waals surface area contributed by atoms with Crippen molar-refractivity contribution in [1.29, 1.82) is 0 Å². The minimum absolute atomic E-state index is 0.0695. The average molecular weight is 242 g/mol. The van der Waals surface area contributed by atoms with E-state index in [-0.39, 0.29) is 11.8 Å². The predicted octanol–water partition coefficient (Wildman–Crippen LogP) is 2.37. The normalized spacial score (nSPS) is 15.9. The number of benzene rings is 1. The molecule has 0 atom stereocenters. The van der Waals surface area contributed by atoms with Gasteiger partial charge >= 0.3 is 0 Å². The smallest absolute Gasteiger partial charge is 0.246 e. The monoisotopic (exact) mass is 241 g/mol. The highest BCUT2D eigenvalue weighted by Gasteiger charge is 2.31. The summed E-state index contributed by atoms with van der Waals surface area (Å²) in [4.78, 5) is 11.1. The van der Waals surface area contributed by atoms with E-state index < -0.39 is 5.79 Å². The highest BCUT2D eigenvalue weighted by Crippen LogP contribution is 2.40. The Hall–Kier alpha value is -1.42. The van der Waals surface area contributed by atoms with Crippen molar-refractivity contribution in [3.05, 3.63) is 18.2 Å². The lowest BCUT2D eigenvalue weighted by Crippen LogP contribution is -2.29. The van der Waals surface area contributed by atoms with Crippen molar-refractivity contribution in [3.8, 4) is 11.5 Å². The first-order valence-electron chi connectivity index (χ1n) is 4.88. The largest absolute Gasteiger partial charge is 0.449 e. The first-order valence-corrected chi connectivity index (χ1v) is 5.41. The Bertz CT molecular complexity index is 431. The van der Waals surface area contributed by atoms with Crippen LogP contribution in [0.1, 0.15) is 13.8 Å². The minimum Gasteiger partial charge on any atom is -0.449 e. The molecular weight excluding hydrogens is 230 g/mol. The van der Waals surface area contributed by atoms with Crippen LogP contribution in [0, 0.1) is 0 Å². The minimum atomic E-state index is -0.655. The number of halogens is 1. The van der Waals surface area contributed by atoms with E-state index in [1.165, 1.54) is 0 Å². The Kier molecular flexibility index (Phi) is 2.68. The number of hydrogen-bond donors (Lipinski definition) is 1. The highest BCUT2D eigenvalue weighted by molar-refractivity contribution is 6.29. The van der Waals surface area contributed by atoms with E-state index in [9.17, 15) is 4.79 Å². The van der Waals surface area contributed by atoms with Crippen LogP contribution in [0.3, 0.4) is 0 Å². The molecule has 1 aromatic carbocycles. The van der Waals surface area contributed by atoms with Crippen LogP contribution >= 0.6 is 11.6 Å². The Morgan fingerprint density at radius 1 is 1.38 bits per heavy atom. The molecular formula is C11H12ClNO3. The summed E-state index contributed by atoms with van der Waals surface area (Å²) in [6.07, 6.45) is 0. The van der Waals surface area contributed by atoms with Crippen molar-refractivity contribution in [1.82, 2.24) is 0 Å². The van der Waals surface area contributed by atoms with E-state index in [0.29, 0.717) is 17.2 Å². The Morgan fingerprint density at radius 3 is 2.75 bits per heavy atom. The number of carbonyl (C=O) groups excluding carboxylic acids is 1. The molecule has 0 radical (unpaired) electrons. The maximum absolute atomic E-state index is 11.1. The van der Waals surface area contributed by atoms with Crippen LogP contribution in [0.4, 0.5) is 5.69 Å². The van der Waals surface area contributed by atoms with Gasteiger partial charge in [0.15, 0.2) is 11.5 Å². The third-order valence-electron chi connectivity index (χ3n) is 2.06. The highest BCUT2D eigenvalue weighted by atomic mass is 35.5. The van der Waals surface area contributed by atoms with E-state index in [0.717, 1.165) is 0 Å². The van der Waals surface area contributed by atoms with Gasteiger partial charge in [0.2, 0.25) is 11.7 Å². The van der Waals surface area contributed by atoms with Crippen molar-refractivity contribution >= 4 is 23.2 Å². The average Bonchev–Trinajstić information content (AvgIpc) is 2.51. The number of hydrogen-bond acceptors (Lipinski definition) is 3. The Morgan fingerprint density at radius 2 is 2.06 bits per heavy atom. The summed E-state index contributed by atoms with van der Waals surface area (Å²) in [6.45, 7) is 3.65. The Balaban J connectivity index is 2.19. The number of rotatable bonds is 2. The molecule has 0 fully saturated rings. The predicted molar refractivity (Wildman–Crippen MR) is 61.1 cm³/mol. The van der Waals surface area contributed by atoms with Crippen molar-refractivity contribution in [2.45, 2.75) is 19.6 Å². The van der Waals surface area contributed by atoms with Crippen LogP contribution in [0.25, 0.3) is 0 Å². The van der Waals surface area contributed by atoms with Gasteiger partial charge in [0.05, 0.1) is 0 Å². The van der Waals surface area contributed by atoms with E-state index in [4.69, 9.17) is 21.1 Å². The number of nitrogens with one attached hydrogen (secondary N) is 1. The van der Waals surface area contributed by atoms with Gasteiger partial charge in [-0.05, 0) is 12.1 Å². The zero-order chi connectivity index (χ0) is 11.8. The molecule has 1 aromatic rings.